The maximum atomic E-state index is 11.4. The van der Waals surface area contributed by atoms with E-state index in [4.69, 9.17) is 5.73 Å². The molecule has 0 aromatic heterocycles. The van der Waals surface area contributed by atoms with E-state index in [1.54, 1.807) is 0 Å². The van der Waals surface area contributed by atoms with Crippen LogP contribution in [0.3, 0.4) is 0 Å². The first-order chi connectivity index (χ1) is 6.64. The molecule has 0 heterocycles. The summed E-state index contributed by atoms with van der Waals surface area (Å²) in [5.74, 6) is -0.200. The van der Waals surface area contributed by atoms with Crippen LogP contribution in [0.25, 0.3) is 0 Å². The van der Waals surface area contributed by atoms with Crippen LogP contribution in [-0.2, 0) is 4.79 Å². The van der Waals surface area contributed by atoms with Crippen LogP contribution in [0.15, 0.2) is 0 Å². The number of nitrogens with one attached hydrogen (secondary N) is 1. The van der Waals surface area contributed by atoms with Gasteiger partial charge in [-0.25, -0.2) is 0 Å². The maximum absolute atomic E-state index is 11.4. The number of hydrogen-bond donors (Lipinski definition) is 2. The Balaban J connectivity index is 2.61. The minimum atomic E-state index is -0.463. The topological polar surface area (TPSA) is 55.1 Å². The number of carbonyl (C=O) groups is 1. The van der Waals surface area contributed by atoms with E-state index in [0.29, 0.717) is 6.04 Å². The Bertz CT molecular complexity index is 193. The van der Waals surface area contributed by atoms with Crippen molar-refractivity contribution in [3.8, 4) is 0 Å². The average Bonchev–Trinajstić information content (AvgIpc) is 2.66. The number of hydrogen-bond acceptors (Lipinski definition) is 2. The standard InChI is InChI=1S/C11H22N2O/c1-3-11(4-2,10(12)14)13-9-7-5-6-8-9/h9,13H,3-8H2,1-2H3,(H2,12,14). The van der Waals surface area contributed by atoms with E-state index in [9.17, 15) is 4.79 Å². The highest BCUT2D eigenvalue weighted by Gasteiger charge is 2.35. The van der Waals surface area contributed by atoms with Crippen molar-refractivity contribution < 1.29 is 4.79 Å². The molecular formula is C11H22N2O. The van der Waals surface area contributed by atoms with Gasteiger partial charge in [-0.2, -0.15) is 0 Å². The van der Waals surface area contributed by atoms with Gasteiger partial charge in [-0.15, -0.1) is 0 Å². The number of rotatable bonds is 5. The summed E-state index contributed by atoms with van der Waals surface area (Å²) in [4.78, 5) is 11.4. The van der Waals surface area contributed by atoms with Gasteiger partial charge in [0.1, 0.15) is 0 Å². The second-order valence-corrected chi connectivity index (χ2v) is 4.28. The zero-order chi connectivity index (χ0) is 10.6. The quantitative estimate of drug-likeness (QED) is 0.704. The summed E-state index contributed by atoms with van der Waals surface area (Å²) in [5, 5.41) is 3.45. The van der Waals surface area contributed by atoms with E-state index in [0.717, 1.165) is 12.8 Å². The van der Waals surface area contributed by atoms with Gasteiger partial charge in [0, 0.05) is 6.04 Å². The first-order valence-electron chi connectivity index (χ1n) is 5.72. The smallest absolute Gasteiger partial charge is 0.237 e. The van der Waals surface area contributed by atoms with Gasteiger partial charge in [0.2, 0.25) is 5.91 Å². The maximum Gasteiger partial charge on any atom is 0.237 e. The third-order valence-electron chi connectivity index (χ3n) is 3.51. The fraction of sp³-hybridized carbons (Fsp3) is 0.909. The largest absolute Gasteiger partial charge is 0.368 e. The van der Waals surface area contributed by atoms with E-state index in [-0.39, 0.29) is 5.91 Å². The first kappa shape index (κ1) is 11.5. The number of carbonyl (C=O) groups excluding carboxylic acids is 1. The van der Waals surface area contributed by atoms with Crippen molar-refractivity contribution in [2.45, 2.75) is 64.0 Å². The molecule has 0 radical (unpaired) electrons. The van der Waals surface area contributed by atoms with Crippen molar-refractivity contribution in [2.75, 3.05) is 0 Å². The van der Waals surface area contributed by atoms with Crippen molar-refractivity contribution in [1.82, 2.24) is 5.32 Å². The van der Waals surface area contributed by atoms with Crippen molar-refractivity contribution in [3.63, 3.8) is 0 Å². The Morgan fingerprint density at radius 3 is 2.21 bits per heavy atom. The van der Waals surface area contributed by atoms with Gasteiger partial charge < -0.3 is 11.1 Å². The third kappa shape index (κ3) is 2.27. The van der Waals surface area contributed by atoms with Crippen molar-refractivity contribution >= 4 is 5.91 Å². The van der Waals surface area contributed by atoms with Gasteiger partial charge in [-0.1, -0.05) is 26.7 Å². The van der Waals surface area contributed by atoms with E-state index in [1.165, 1.54) is 25.7 Å². The highest BCUT2D eigenvalue weighted by atomic mass is 16.1. The molecule has 82 valence electrons. The molecule has 1 rings (SSSR count). The Morgan fingerprint density at radius 2 is 1.86 bits per heavy atom. The fourth-order valence-corrected chi connectivity index (χ4v) is 2.33. The second kappa shape index (κ2) is 4.78. The van der Waals surface area contributed by atoms with Gasteiger partial charge in [0.05, 0.1) is 5.54 Å². The van der Waals surface area contributed by atoms with Crippen LogP contribution < -0.4 is 11.1 Å². The zero-order valence-corrected chi connectivity index (χ0v) is 9.31. The minimum absolute atomic E-state index is 0.200. The van der Waals surface area contributed by atoms with Crippen LogP contribution in [0.2, 0.25) is 0 Å². The summed E-state index contributed by atoms with van der Waals surface area (Å²) in [6.45, 7) is 4.05. The van der Waals surface area contributed by atoms with Crippen LogP contribution in [-0.4, -0.2) is 17.5 Å². The van der Waals surface area contributed by atoms with Crippen molar-refractivity contribution in [1.29, 1.82) is 0 Å². The molecule has 1 saturated carbocycles. The normalized spacial score (nSPS) is 18.7. The van der Waals surface area contributed by atoms with Crippen molar-refractivity contribution in [2.24, 2.45) is 5.73 Å². The van der Waals surface area contributed by atoms with E-state index < -0.39 is 5.54 Å². The molecule has 0 atom stereocenters. The van der Waals surface area contributed by atoms with E-state index >= 15 is 0 Å². The number of nitrogens with two attached hydrogens (primary N) is 1. The monoisotopic (exact) mass is 198 g/mol. The van der Waals surface area contributed by atoms with Crippen LogP contribution in [0.1, 0.15) is 52.4 Å². The molecular weight excluding hydrogens is 176 g/mol. The molecule has 0 aromatic rings. The van der Waals surface area contributed by atoms with Gasteiger partial charge >= 0.3 is 0 Å². The summed E-state index contributed by atoms with van der Waals surface area (Å²) >= 11 is 0. The predicted molar refractivity (Wildman–Crippen MR) is 57.9 cm³/mol. The second-order valence-electron chi connectivity index (χ2n) is 4.28. The summed E-state index contributed by atoms with van der Waals surface area (Å²) in [6.07, 6.45) is 6.51. The molecule has 1 amide bonds. The molecule has 1 fully saturated rings. The Kier molecular flexibility index (Phi) is 3.93. The van der Waals surface area contributed by atoms with Gasteiger partial charge in [-0.05, 0) is 25.7 Å². The number of primary amides is 1. The highest BCUT2D eigenvalue weighted by molar-refractivity contribution is 5.84. The number of amides is 1. The molecule has 0 aromatic carbocycles. The molecule has 3 nitrogen and oxygen atoms in total. The zero-order valence-electron chi connectivity index (χ0n) is 9.31. The Labute approximate surface area is 86.4 Å². The highest BCUT2D eigenvalue weighted by Crippen LogP contribution is 2.23. The van der Waals surface area contributed by atoms with E-state index in [2.05, 4.69) is 5.32 Å². The molecule has 0 bridgehead atoms. The Morgan fingerprint density at radius 1 is 1.36 bits per heavy atom. The molecule has 0 spiro atoms. The lowest BCUT2D eigenvalue weighted by Crippen LogP contribution is -2.57. The summed E-state index contributed by atoms with van der Waals surface area (Å²) in [6, 6.07) is 0.502. The van der Waals surface area contributed by atoms with Crippen LogP contribution in [0.5, 0.6) is 0 Å². The summed E-state index contributed by atoms with van der Waals surface area (Å²) < 4.78 is 0. The summed E-state index contributed by atoms with van der Waals surface area (Å²) in [7, 11) is 0. The molecule has 0 saturated heterocycles. The molecule has 14 heavy (non-hydrogen) atoms. The molecule has 0 aliphatic heterocycles. The fourth-order valence-electron chi connectivity index (χ4n) is 2.33. The SMILES string of the molecule is CCC(CC)(NC1CCCC1)C(N)=O. The molecule has 3 N–H and O–H groups in total. The molecule has 3 heteroatoms. The van der Waals surface area contributed by atoms with Crippen LogP contribution >= 0.6 is 0 Å². The first-order valence-corrected chi connectivity index (χ1v) is 5.72. The molecule has 0 unspecified atom stereocenters. The predicted octanol–water partition coefficient (Wildman–Crippen LogP) is 1.56. The van der Waals surface area contributed by atoms with E-state index in [1.807, 2.05) is 13.8 Å². The Hall–Kier alpha value is -0.570. The summed E-state index contributed by atoms with van der Waals surface area (Å²) in [5.41, 5.74) is 5.01. The minimum Gasteiger partial charge on any atom is -0.368 e. The lowest BCUT2D eigenvalue weighted by atomic mass is 9.90. The van der Waals surface area contributed by atoms with Crippen LogP contribution in [0, 0.1) is 0 Å². The van der Waals surface area contributed by atoms with Gasteiger partial charge in [0.25, 0.3) is 0 Å². The average molecular weight is 198 g/mol. The van der Waals surface area contributed by atoms with Gasteiger partial charge in [-0.3, -0.25) is 4.79 Å². The lowest BCUT2D eigenvalue weighted by Gasteiger charge is -2.32. The molecule has 1 aliphatic rings. The third-order valence-corrected chi connectivity index (χ3v) is 3.51. The van der Waals surface area contributed by atoms with Gasteiger partial charge in [0.15, 0.2) is 0 Å². The van der Waals surface area contributed by atoms with Crippen molar-refractivity contribution in [3.05, 3.63) is 0 Å². The molecule has 1 aliphatic carbocycles. The van der Waals surface area contributed by atoms with Crippen LogP contribution in [0.4, 0.5) is 0 Å². The lowest BCUT2D eigenvalue weighted by molar-refractivity contribution is -0.125.